The SMILES string of the molecule is CC(F)(Cc1cncs1)CC1CCCCN1. The highest BCUT2D eigenvalue weighted by Gasteiger charge is 2.29. The van der Waals surface area contributed by atoms with Crippen LogP contribution in [0.3, 0.4) is 0 Å². The number of thiazole rings is 1. The first-order valence-corrected chi connectivity index (χ1v) is 6.83. The molecule has 0 radical (unpaired) electrons. The van der Waals surface area contributed by atoms with Crippen LogP contribution in [-0.4, -0.2) is 23.2 Å². The molecule has 1 fully saturated rings. The van der Waals surface area contributed by atoms with E-state index in [0.29, 0.717) is 18.9 Å². The van der Waals surface area contributed by atoms with E-state index >= 15 is 0 Å². The van der Waals surface area contributed by atoms with Crippen LogP contribution in [-0.2, 0) is 6.42 Å². The third kappa shape index (κ3) is 3.52. The minimum absolute atomic E-state index is 0.358. The van der Waals surface area contributed by atoms with Gasteiger partial charge in [-0.2, -0.15) is 0 Å². The second kappa shape index (κ2) is 5.23. The Morgan fingerprint density at radius 3 is 3.12 bits per heavy atom. The molecule has 2 atom stereocenters. The molecule has 0 saturated carbocycles. The van der Waals surface area contributed by atoms with Crippen LogP contribution in [0.5, 0.6) is 0 Å². The Morgan fingerprint density at radius 2 is 2.50 bits per heavy atom. The van der Waals surface area contributed by atoms with E-state index in [9.17, 15) is 4.39 Å². The lowest BCUT2D eigenvalue weighted by Gasteiger charge is -2.29. The van der Waals surface area contributed by atoms with E-state index in [2.05, 4.69) is 10.3 Å². The molecule has 1 aliphatic rings. The smallest absolute Gasteiger partial charge is 0.114 e. The van der Waals surface area contributed by atoms with Gasteiger partial charge < -0.3 is 5.32 Å². The number of aromatic nitrogens is 1. The van der Waals surface area contributed by atoms with Crippen molar-refractivity contribution in [3.63, 3.8) is 0 Å². The first-order valence-electron chi connectivity index (χ1n) is 5.95. The Hall–Kier alpha value is -0.480. The maximum Gasteiger partial charge on any atom is 0.114 e. The predicted octanol–water partition coefficient (Wildman–Crippen LogP) is 2.95. The highest BCUT2D eigenvalue weighted by molar-refractivity contribution is 7.09. The van der Waals surface area contributed by atoms with Crippen molar-refractivity contribution in [2.24, 2.45) is 0 Å². The number of nitrogens with one attached hydrogen (secondary N) is 1. The van der Waals surface area contributed by atoms with Gasteiger partial charge in [-0.1, -0.05) is 6.42 Å². The number of nitrogens with zero attached hydrogens (tertiary/aromatic N) is 1. The summed E-state index contributed by atoms with van der Waals surface area (Å²) < 4.78 is 14.4. The Bertz CT molecular complexity index is 305. The maximum atomic E-state index is 14.4. The zero-order chi connectivity index (χ0) is 11.4. The number of hydrogen-bond acceptors (Lipinski definition) is 3. The summed E-state index contributed by atoms with van der Waals surface area (Å²) in [5.41, 5.74) is 0.659. The van der Waals surface area contributed by atoms with E-state index in [1.807, 2.05) is 0 Å². The third-order valence-corrected chi connectivity index (χ3v) is 3.89. The normalized spacial score (nSPS) is 25.2. The summed E-state index contributed by atoms with van der Waals surface area (Å²) in [5, 5.41) is 3.40. The molecule has 4 heteroatoms. The van der Waals surface area contributed by atoms with Crippen molar-refractivity contribution in [2.45, 2.75) is 50.7 Å². The molecule has 1 aromatic rings. The molecule has 1 aliphatic heterocycles. The van der Waals surface area contributed by atoms with Crippen molar-refractivity contribution in [3.05, 3.63) is 16.6 Å². The molecular formula is C12H19FN2S. The topological polar surface area (TPSA) is 24.9 Å². The van der Waals surface area contributed by atoms with Crippen LogP contribution in [0.2, 0.25) is 0 Å². The van der Waals surface area contributed by atoms with Gasteiger partial charge in [0.05, 0.1) is 5.51 Å². The van der Waals surface area contributed by atoms with Crippen LogP contribution in [0.15, 0.2) is 11.7 Å². The zero-order valence-corrected chi connectivity index (χ0v) is 10.5. The fourth-order valence-corrected chi connectivity index (χ4v) is 3.14. The lowest BCUT2D eigenvalue weighted by Crippen LogP contribution is -2.39. The van der Waals surface area contributed by atoms with Gasteiger partial charge in [0, 0.05) is 23.5 Å². The van der Waals surface area contributed by atoms with Gasteiger partial charge >= 0.3 is 0 Å². The number of hydrogen-bond donors (Lipinski definition) is 1. The van der Waals surface area contributed by atoms with Crippen LogP contribution in [0.4, 0.5) is 4.39 Å². The molecule has 0 aromatic carbocycles. The summed E-state index contributed by atoms with van der Waals surface area (Å²) in [4.78, 5) is 5.03. The van der Waals surface area contributed by atoms with E-state index < -0.39 is 5.67 Å². The summed E-state index contributed by atoms with van der Waals surface area (Å²) in [5.74, 6) is 0. The van der Waals surface area contributed by atoms with Crippen molar-refractivity contribution in [1.82, 2.24) is 10.3 Å². The fourth-order valence-electron chi connectivity index (χ4n) is 2.38. The number of rotatable bonds is 4. The minimum atomic E-state index is -1.11. The molecule has 1 aromatic heterocycles. The molecular weight excluding hydrogens is 223 g/mol. The molecule has 2 rings (SSSR count). The largest absolute Gasteiger partial charge is 0.314 e. The summed E-state index contributed by atoms with van der Waals surface area (Å²) >= 11 is 1.54. The van der Waals surface area contributed by atoms with Gasteiger partial charge in [0.15, 0.2) is 0 Å². The maximum absolute atomic E-state index is 14.4. The molecule has 90 valence electrons. The van der Waals surface area contributed by atoms with Crippen molar-refractivity contribution in [3.8, 4) is 0 Å². The summed E-state index contributed by atoms with van der Waals surface area (Å²) in [6, 6.07) is 0.358. The van der Waals surface area contributed by atoms with E-state index in [1.54, 1.807) is 30.0 Å². The summed E-state index contributed by atoms with van der Waals surface area (Å²) in [6.45, 7) is 2.75. The van der Waals surface area contributed by atoms with Crippen molar-refractivity contribution in [1.29, 1.82) is 0 Å². The number of alkyl halides is 1. The lowest BCUT2D eigenvalue weighted by atomic mass is 9.90. The summed E-state index contributed by atoms with van der Waals surface area (Å²) in [7, 11) is 0. The van der Waals surface area contributed by atoms with Crippen LogP contribution < -0.4 is 5.32 Å². The van der Waals surface area contributed by atoms with Crippen LogP contribution in [0, 0.1) is 0 Å². The third-order valence-electron chi connectivity index (χ3n) is 3.11. The van der Waals surface area contributed by atoms with Gasteiger partial charge in [0.25, 0.3) is 0 Å². The van der Waals surface area contributed by atoms with Crippen molar-refractivity contribution < 1.29 is 4.39 Å². The lowest BCUT2D eigenvalue weighted by molar-refractivity contribution is 0.147. The van der Waals surface area contributed by atoms with E-state index in [-0.39, 0.29) is 0 Å². The molecule has 0 amide bonds. The van der Waals surface area contributed by atoms with Crippen molar-refractivity contribution in [2.75, 3.05) is 6.54 Å². The van der Waals surface area contributed by atoms with Gasteiger partial charge in [-0.15, -0.1) is 11.3 Å². The van der Waals surface area contributed by atoms with Gasteiger partial charge in [0.2, 0.25) is 0 Å². The average molecular weight is 242 g/mol. The van der Waals surface area contributed by atoms with Gasteiger partial charge in [0.1, 0.15) is 5.67 Å². The molecule has 1 N–H and O–H groups in total. The second-order valence-corrected chi connectivity index (χ2v) is 5.88. The molecule has 0 bridgehead atoms. The second-order valence-electron chi connectivity index (χ2n) is 4.91. The first kappa shape index (κ1) is 12.0. The van der Waals surface area contributed by atoms with E-state index in [0.717, 1.165) is 17.8 Å². The molecule has 1 saturated heterocycles. The minimum Gasteiger partial charge on any atom is -0.314 e. The Kier molecular flexibility index (Phi) is 3.92. The Morgan fingerprint density at radius 1 is 1.62 bits per heavy atom. The van der Waals surface area contributed by atoms with Gasteiger partial charge in [-0.25, -0.2) is 4.39 Å². The van der Waals surface area contributed by atoms with Crippen LogP contribution in [0.25, 0.3) is 0 Å². The zero-order valence-electron chi connectivity index (χ0n) is 9.71. The Balaban J connectivity index is 1.86. The Labute approximate surface area is 100 Å². The molecule has 2 nitrogen and oxygen atoms in total. The van der Waals surface area contributed by atoms with Crippen molar-refractivity contribution >= 4 is 11.3 Å². The van der Waals surface area contributed by atoms with Crippen LogP contribution in [0.1, 0.15) is 37.5 Å². The highest BCUT2D eigenvalue weighted by Crippen LogP contribution is 2.27. The van der Waals surface area contributed by atoms with E-state index in [4.69, 9.17) is 0 Å². The van der Waals surface area contributed by atoms with Gasteiger partial charge in [-0.3, -0.25) is 4.98 Å². The number of piperidine rings is 1. The number of halogens is 1. The molecule has 16 heavy (non-hydrogen) atoms. The fraction of sp³-hybridized carbons (Fsp3) is 0.750. The first-order chi connectivity index (χ1) is 7.66. The van der Waals surface area contributed by atoms with Gasteiger partial charge in [-0.05, 0) is 32.7 Å². The molecule has 0 spiro atoms. The highest BCUT2D eigenvalue weighted by atomic mass is 32.1. The van der Waals surface area contributed by atoms with Crippen LogP contribution >= 0.6 is 11.3 Å². The molecule has 2 unspecified atom stereocenters. The quantitative estimate of drug-likeness (QED) is 0.878. The monoisotopic (exact) mass is 242 g/mol. The molecule has 2 heterocycles. The van der Waals surface area contributed by atoms with E-state index in [1.165, 1.54) is 12.8 Å². The average Bonchev–Trinajstić information content (AvgIpc) is 2.70. The molecule has 0 aliphatic carbocycles. The predicted molar refractivity (Wildman–Crippen MR) is 65.6 cm³/mol. The summed E-state index contributed by atoms with van der Waals surface area (Å²) in [6.07, 6.45) is 6.46. The standard InChI is InChI=1S/C12H19FN2S/c1-12(13,7-11-8-14-9-16-11)6-10-4-2-3-5-15-10/h8-10,15H,2-7H2,1H3.